The monoisotopic (exact) mass is 396 g/mol. The normalized spacial score (nSPS) is 12.6. The number of rotatable bonds is 11. The predicted molar refractivity (Wildman–Crippen MR) is 106 cm³/mol. The van der Waals surface area contributed by atoms with Gasteiger partial charge in [0.05, 0.1) is 6.42 Å². The number of aliphatic carboxylic acids is 3. The first-order chi connectivity index (χ1) is 13.0. The second-order valence-corrected chi connectivity index (χ2v) is 7.09. The van der Waals surface area contributed by atoms with Gasteiger partial charge in [0.2, 0.25) is 0 Å². The third-order valence-electron chi connectivity index (χ3n) is 3.91. The van der Waals surface area contributed by atoms with Gasteiger partial charge in [0.1, 0.15) is 12.1 Å². The molecule has 158 valence electrons. The van der Waals surface area contributed by atoms with Gasteiger partial charge in [0.25, 0.3) is 0 Å². The minimum Gasteiger partial charge on any atom is -0.481 e. The fourth-order valence-electron chi connectivity index (χ4n) is 2.34. The maximum Gasteiger partial charge on any atom is 0.320 e. The van der Waals surface area contributed by atoms with E-state index in [0.717, 1.165) is 11.1 Å². The first-order valence-corrected chi connectivity index (χ1v) is 9.24. The number of carboxylic acid groups (broad SMARTS) is 3. The van der Waals surface area contributed by atoms with Gasteiger partial charge in [-0.15, -0.1) is 0 Å². The Morgan fingerprint density at radius 1 is 1.04 bits per heavy atom. The molecule has 1 rings (SSSR count). The molecule has 8 heteroatoms. The highest BCUT2D eigenvalue weighted by atomic mass is 16.4. The third-order valence-corrected chi connectivity index (χ3v) is 3.91. The Morgan fingerprint density at radius 3 is 2.00 bits per heavy atom. The molecule has 8 nitrogen and oxygen atoms in total. The molecule has 1 aromatic rings. The van der Waals surface area contributed by atoms with Gasteiger partial charge in [0.15, 0.2) is 0 Å². The van der Waals surface area contributed by atoms with Crippen molar-refractivity contribution in [3.8, 4) is 0 Å². The molecule has 0 aromatic heterocycles. The second-order valence-electron chi connectivity index (χ2n) is 7.09. The van der Waals surface area contributed by atoms with Crippen molar-refractivity contribution < 1.29 is 29.7 Å². The topological polar surface area (TPSA) is 150 Å². The molecule has 0 spiro atoms. The maximum absolute atomic E-state index is 11.0. The molecule has 28 heavy (non-hydrogen) atoms. The zero-order valence-electron chi connectivity index (χ0n) is 16.7. The zero-order chi connectivity index (χ0) is 21.7. The Morgan fingerprint density at radius 2 is 1.61 bits per heavy atom. The van der Waals surface area contributed by atoms with E-state index >= 15 is 0 Å². The summed E-state index contributed by atoms with van der Waals surface area (Å²) in [7, 11) is 0. The Kier molecular flexibility index (Phi) is 12.5. The standard InChI is InChI=1S/C14H19NO4.C6H13NO2/c1-10-2-4-11(5-3-10)6-7-12(14(18)19)15-9-8-13(16)17;1-4(2)3-5(7)6(8)9/h2-5,12,15H,6-9H2,1H3,(H,16,17)(H,18,19);4-5H,3,7H2,1-2H3,(H,8,9)/t12-;5-/m10/s1. The predicted octanol–water partition coefficient (Wildman–Crippen LogP) is 1.89. The van der Waals surface area contributed by atoms with Crippen molar-refractivity contribution in [3.63, 3.8) is 0 Å². The molecule has 0 aliphatic heterocycles. The van der Waals surface area contributed by atoms with E-state index in [1.807, 2.05) is 45.0 Å². The summed E-state index contributed by atoms with van der Waals surface area (Å²) in [6.45, 7) is 6.06. The first kappa shape index (κ1) is 25.6. The number of nitrogens with two attached hydrogens (primary N) is 1. The molecule has 0 fully saturated rings. The second kappa shape index (κ2) is 13.7. The molecule has 0 aliphatic carbocycles. The van der Waals surface area contributed by atoms with Crippen LogP contribution in [-0.2, 0) is 20.8 Å². The quantitative estimate of drug-likeness (QED) is 0.380. The molecule has 6 N–H and O–H groups in total. The van der Waals surface area contributed by atoms with Crippen LogP contribution in [0.5, 0.6) is 0 Å². The summed E-state index contributed by atoms with van der Waals surface area (Å²) in [5.74, 6) is -2.44. The van der Waals surface area contributed by atoms with Crippen molar-refractivity contribution in [1.29, 1.82) is 0 Å². The molecule has 0 unspecified atom stereocenters. The van der Waals surface area contributed by atoms with Gasteiger partial charge >= 0.3 is 17.9 Å². The van der Waals surface area contributed by atoms with Crippen LogP contribution in [0.4, 0.5) is 0 Å². The lowest BCUT2D eigenvalue weighted by atomic mass is 10.0. The van der Waals surface area contributed by atoms with Gasteiger partial charge in [-0.1, -0.05) is 43.7 Å². The average Bonchev–Trinajstić information content (AvgIpc) is 2.58. The summed E-state index contributed by atoms with van der Waals surface area (Å²) < 4.78 is 0. The summed E-state index contributed by atoms with van der Waals surface area (Å²) in [6.07, 6.45) is 1.57. The highest BCUT2D eigenvalue weighted by Gasteiger charge is 2.16. The van der Waals surface area contributed by atoms with Crippen LogP contribution in [0.15, 0.2) is 24.3 Å². The highest BCUT2D eigenvalue weighted by molar-refractivity contribution is 5.73. The molecule has 0 saturated carbocycles. The van der Waals surface area contributed by atoms with Gasteiger partial charge < -0.3 is 26.4 Å². The minimum absolute atomic E-state index is 0.0751. The Hall–Kier alpha value is -2.45. The molecule has 0 heterocycles. The molecule has 0 saturated heterocycles. The van der Waals surface area contributed by atoms with Gasteiger partial charge in [-0.2, -0.15) is 0 Å². The molecule has 0 radical (unpaired) electrons. The number of hydrogen-bond donors (Lipinski definition) is 5. The lowest BCUT2D eigenvalue weighted by Gasteiger charge is -2.13. The molecular formula is C20H32N2O6. The fraction of sp³-hybridized carbons (Fsp3) is 0.550. The SMILES string of the molecule is CC(C)C[C@H](N)C(=O)O.Cc1ccc(CC[C@@H](NCCC(=O)O)C(=O)O)cc1. The van der Waals surface area contributed by atoms with Crippen molar-refractivity contribution in [3.05, 3.63) is 35.4 Å². The van der Waals surface area contributed by atoms with E-state index in [4.69, 9.17) is 21.1 Å². The molecule has 0 aliphatic rings. The van der Waals surface area contributed by atoms with E-state index in [-0.39, 0.29) is 13.0 Å². The van der Waals surface area contributed by atoms with Crippen molar-refractivity contribution >= 4 is 17.9 Å². The van der Waals surface area contributed by atoms with Crippen molar-refractivity contribution in [2.75, 3.05) is 6.54 Å². The van der Waals surface area contributed by atoms with Crippen LogP contribution in [0.1, 0.15) is 44.2 Å². The van der Waals surface area contributed by atoms with Crippen LogP contribution in [0.25, 0.3) is 0 Å². The highest BCUT2D eigenvalue weighted by Crippen LogP contribution is 2.08. The van der Waals surface area contributed by atoms with Crippen LogP contribution >= 0.6 is 0 Å². The molecule has 2 atom stereocenters. The van der Waals surface area contributed by atoms with Crippen molar-refractivity contribution in [2.24, 2.45) is 11.7 Å². The summed E-state index contributed by atoms with van der Waals surface area (Å²) in [4.78, 5) is 31.5. The van der Waals surface area contributed by atoms with Crippen molar-refractivity contribution in [2.45, 2.75) is 58.5 Å². The lowest BCUT2D eigenvalue weighted by Crippen LogP contribution is -2.38. The van der Waals surface area contributed by atoms with Crippen LogP contribution < -0.4 is 11.1 Å². The Balaban J connectivity index is 0.000000684. The number of carbonyl (C=O) groups is 3. The van der Waals surface area contributed by atoms with Gasteiger partial charge in [-0.05, 0) is 37.7 Å². The van der Waals surface area contributed by atoms with E-state index in [9.17, 15) is 14.4 Å². The number of nitrogens with one attached hydrogen (secondary N) is 1. The van der Waals surface area contributed by atoms with Gasteiger partial charge in [-0.3, -0.25) is 14.4 Å². The van der Waals surface area contributed by atoms with E-state index < -0.39 is 30.0 Å². The van der Waals surface area contributed by atoms with Crippen LogP contribution in [0.2, 0.25) is 0 Å². The lowest BCUT2D eigenvalue weighted by molar-refractivity contribution is -0.141. The van der Waals surface area contributed by atoms with E-state index in [1.165, 1.54) is 0 Å². The largest absolute Gasteiger partial charge is 0.481 e. The van der Waals surface area contributed by atoms with Crippen LogP contribution in [0.3, 0.4) is 0 Å². The van der Waals surface area contributed by atoms with Crippen LogP contribution in [-0.4, -0.2) is 51.9 Å². The van der Waals surface area contributed by atoms with Crippen LogP contribution in [0, 0.1) is 12.8 Å². The summed E-state index contributed by atoms with van der Waals surface area (Å²) >= 11 is 0. The molecule has 0 amide bonds. The smallest absolute Gasteiger partial charge is 0.320 e. The van der Waals surface area contributed by atoms with E-state index in [0.29, 0.717) is 25.2 Å². The Labute approximate surface area is 165 Å². The number of aryl methyl sites for hydroxylation is 2. The molecular weight excluding hydrogens is 364 g/mol. The van der Waals surface area contributed by atoms with Gasteiger partial charge in [-0.25, -0.2) is 0 Å². The Bertz CT molecular complexity index is 616. The molecule has 0 bridgehead atoms. The summed E-state index contributed by atoms with van der Waals surface area (Å²) in [6, 6.07) is 6.54. The number of benzene rings is 1. The third kappa shape index (κ3) is 12.8. The van der Waals surface area contributed by atoms with E-state index in [2.05, 4.69) is 5.32 Å². The zero-order valence-corrected chi connectivity index (χ0v) is 16.7. The maximum atomic E-state index is 11.0. The number of hydrogen-bond acceptors (Lipinski definition) is 5. The molecule has 1 aromatic carbocycles. The van der Waals surface area contributed by atoms with Gasteiger partial charge in [0, 0.05) is 6.54 Å². The minimum atomic E-state index is -0.947. The van der Waals surface area contributed by atoms with Crippen molar-refractivity contribution in [1.82, 2.24) is 5.32 Å². The fourth-order valence-corrected chi connectivity index (χ4v) is 2.34. The van der Waals surface area contributed by atoms with E-state index in [1.54, 1.807) is 0 Å². The number of carboxylic acids is 3. The summed E-state index contributed by atoms with van der Waals surface area (Å²) in [5.41, 5.74) is 7.46. The average molecular weight is 396 g/mol. The summed E-state index contributed by atoms with van der Waals surface area (Å²) in [5, 5.41) is 28.6. The first-order valence-electron chi connectivity index (χ1n) is 9.24.